The summed E-state index contributed by atoms with van der Waals surface area (Å²) in [5, 5.41) is 0. The molecular weight excluding hydrogens is 374 g/mol. The molecule has 1 aliphatic rings. The molecule has 0 spiro atoms. The van der Waals surface area contributed by atoms with Gasteiger partial charge in [0.1, 0.15) is 11.6 Å². The van der Waals surface area contributed by atoms with Crippen molar-refractivity contribution in [1.82, 2.24) is 19.9 Å². The van der Waals surface area contributed by atoms with Crippen molar-refractivity contribution in [3.8, 4) is 11.4 Å². The monoisotopic (exact) mass is 401 g/mol. The van der Waals surface area contributed by atoms with Gasteiger partial charge in [0.25, 0.3) is 5.56 Å². The Bertz CT molecular complexity index is 1040. The van der Waals surface area contributed by atoms with E-state index in [0.717, 1.165) is 56.2 Å². The van der Waals surface area contributed by atoms with Crippen LogP contribution in [0.5, 0.6) is 0 Å². The van der Waals surface area contributed by atoms with Crippen LogP contribution >= 0.6 is 0 Å². The van der Waals surface area contributed by atoms with Crippen molar-refractivity contribution < 1.29 is 0 Å². The standard InChI is InChI=1S/C24H27N5O/c1-2-21-17-23(30)27-24(26-21)20-10-11-22(25-18-20)29-15-13-28(14-16-29)12-6-9-19-7-4-3-5-8-19/h3-11,17-18H,2,12-16H2,1H3,(H,26,27,30)/b9-6+. The number of anilines is 1. The molecule has 1 fully saturated rings. The van der Waals surface area contributed by atoms with E-state index < -0.39 is 0 Å². The van der Waals surface area contributed by atoms with E-state index in [2.05, 4.69) is 61.2 Å². The predicted molar refractivity (Wildman–Crippen MR) is 122 cm³/mol. The van der Waals surface area contributed by atoms with E-state index in [9.17, 15) is 4.79 Å². The highest BCUT2D eigenvalue weighted by Crippen LogP contribution is 2.18. The summed E-state index contributed by atoms with van der Waals surface area (Å²) in [6, 6.07) is 15.9. The highest BCUT2D eigenvalue weighted by atomic mass is 16.1. The van der Waals surface area contributed by atoms with Crippen molar-refractivity contribution in [2.75, 3.05) is 37.6 Å². The molecule has 3 aromatic rings. The van der Waals surface area contributed by atoms with Gasteiger partial charge >= 0.3 is 0 Å². The van der Waals surface area contributed by atoms with Gasteiger partial charge in [0.15, 0.2) is 0 Å². The lowest BCUT2D eigenvalue weighted by Crippen LogP contribution is -2.46. The molecule has 1 aromatic carbocycles. The van der Waals surface area contributed by atoms with Gasteiger partial charge in [-0.3, -0.25) is 9.69 Å². The molecule has 6 heteroatoms. The molecule has 4 rings (SSSR count). The SMILES string of the molecule is CCc1cc(=O)[nH]c(-c2ccc(N3CCN(C/C=C/c4ccccc4)CC3)nc2)n1. The zero-order valence-corrected chi connectivity index (χ0v) is 17.3. The molecule has 0 atom stereocenters. The fraction of sp³-hybridized carbons (Fsp3) is 0.292. The number of rotatable bonds is 6. The number of nitrogens with one attached hydrogen (secondary N) is 1. The Hall–Kier alpha value is -3.25. The molecule has 0 radical (unpaired) electrons. The summed E-state index contributed by atoms with van der Waals surface area (Å²) in [6.07, 6.45) is 6.93. The van der Waals surface area contributed by atoms with Crippen LogP contribution in [0.2, 0.25) is 0 Å². The molecular formula is C24H27N5O. The number of nitrogens with zero attached hydrogens (tertiary/aromatic N) is 4. The van der Waals surface area contributed by atoms with Crippen LogP contribution in [-0.4, -0.2) is 52.6 Å². The van der Waals surface area contributed by atoms with Crippen LogP contribution in [0.3, 0.4) is 0 Å². The van der Waals surface area contributed by atoms with Gasteiger partial charge in [0.05, 0.1) is 0 Å². The number of hydrogen-bond donors (Lipinski definition) is 1. The number of pyridine rings is 1. The van der Waals surface area contributed by atoms with Crippen LogP contribution in [0.25, 0.3) is 17.5 Å². The first-order valence-corrected chi connectivity index (χ1v) is 10.5. The molecule has 0 amide bonds. The number of aryl methyl sites for hydroxylation is 1. The van der Waals surface area contributed by atoms with E-state index in [1.54, 1.807) is 12.3 Å². The van der Waals surface area contributed by atoms with Crippen molar-refractivity contribution in [3.63, 3.8) is 0 Å². The first kappa shape index (κ1) is 20.0. The molecule has 1 N–H and O–H groups in total. The van der Waals surface area contributed by atoms with Crippen molar-refractivity contribution in [2.45, 2.75) is 13.3 Å². The zero-order valence-electron chi connectivity index (χ0n) is 17.3. The van der Waals surface area contributed by atoms with Gasteiger partial charge < -0.3 is 9.88 Å². The average Bonchev–Trinajstić information content (AvgIpc) is 2.80. The van der Waals surface area contributed by atoms with E-state index in [1.807, 2.05) is 25.1 Å². The minimum Gasteiger partial charge on any atom is -0.354 e. The summed E-state index contributed by atoms with van der Waals surface area (Å²) >= 11 is 0. The number of aromatic amines is 1. The van der Waals surface area contributed by atoms with E-state index in [4.69, 9.17) is 0 Å². The summed E-state index contributed by atoms with van der Waals surface area (Å²) in [5.41, 5.74) is 2.73. The van der Waals surface area contributed by atoms with Crippen LogP contribution in [0.4, 0.5) is 5.82 Å². The van der Waals surface area contributed by atoms with Crippen LogP contribution in [0.1, 0.15) is 18.2 Å². The molecule has 0 unspecified atom stereocenters. The Morgan fingerprint density at radius 3 is 2.57 bits per heavy atom. The maximum atomic E-state index is 11.8. The van der Waals surface area contributed by atoms with Gasteiger partial charge in [-0.05, 0) is 24.1 Å². The smallest absolute Gasteiger partial charge is 0.251 e. The quantitative estimate of drug-likeness (QED) is 0.687. The number of hydrogen-bond acceptors (Lipinski definition) is 5. The summed E-state index contributed by atoms with van der Waals surface area (Å²) in [4.78, 5) is 28.5. The number of H-pyrrole nitrogens is 1. The zero-order chi connectivity index (χ0) is 20.8. The van der Waals surface area contributed by atoms with Gasteiger partial charge in [-0.15, -0.1) is 0 Å². The molecule has 0 aliphatic carbocycles. The predicted octanol–water partition coefficient (Wildman–Crippen LogP) is 3.23. The molecule has 30 heavy (non-hydrogen) atoms. The van der Waals surface area contributed by atoms with Crippen molar-refractivity contribution >= 4 is 11.9 Å². The Kier molecular flexibility index (Phi) is 6.35. The highest BCUT2D eigenvalue weighted by Gasteiger charge is 2.17. The summed E-state index contributed by atoms with van der Waals surface area (Å²) in [5.74, 6) is 1.54. The van der Waals surface area contributed by atoms with E-state index in [1.165, 1.54) is 5.56 Å². The van der Waals surface area contributed by atoms with Gasteiger partial charge in [-0.25, -0.2) is 9.97 Å². The fourth-order valence-electron chi connectivity index (χ4n) is 3.60. The molecule has 1 aliphatic heterocycles. The van der Waals surface area contributed by atoms with Crippen molar-refractivity contribution in [1.29, 1.82) is 0 Å². The van der Waals surface area contributed by atoms with Crippen LogP contribution in [-0.2, 0) is 6.42 Å². The van der Waals surface area contributed by atoms with E-state index >= 15 is 0 Å². The van der Waals surface area contributed by atoms with Crippen molar-refractivity contribution in [2.24, 2.45) is 0 Å². The topological polar surface area (TPSA) is 65.1 Å². The molecule has 0 saturated carbocycles. The normalized spacial score (nSPS) is 15.0. The van der Waals surface area contributed by atoms with Gasteiger partial charge in [-0.2, -0.15) is 0 Å². The first-order chi connectivity index (χ1) is 14.7. The lowest BCUT2D eigenvalue weighted by molar-refractivity contribution is 0.283. The molecule has 3 heterocycles. The Morgan fingerprint density at radius 1 is 1.07 bits per heavy atom. The fourth-order valence-corrected chi connectivity index (χ4v) is 3.60. The second-order valence-corrected chi connectivity index (χ2v) is 7.44. The third kappa shape index (κ3) is 5.02. The number of piperazine rings is 1. The summed E-state index contributed by atoms with van der Waals surface area (Å²) in [6.45, 7) is 6.87. The largest absolute Gasteiger partial charge is 0.354 e. The van der Waals surface area contributed by atoms with Crippen LogP contribution < -0.4 is 10.5 Å². The maximum Gasteiger partial charge on any atom is 0.251 e. The summed E-state index contributed by atoms with van der Waals surface area (Å²) in [7, 11) is 0. The lowest BCUT2D eigenvalue weighted by atomic mass is 10.2. The number of benzene rings is 1. The third-order valence-electron chi connectivity index (χ3n) is 5.35. The average molecular weight is 402 g/mol. The first-order valence-electron chi connectivity index (χ1n) is 10.5. The minimum absolute atomic E-state index is 0.127. The molecule has 6 nitrogen and oxygen atoms in total. The molecule has 0 bridgehead atoms. The summed E-state index contributed by atoms with van der Waals surface area (Å²) < 4.78 is 0. The van der Waals surface area contributed by atoms with Gasteiger partial charge in [-0.1, -0.05) is 49.4 Å². The Morgan fingerprint density at radius 2 is 1.87 bits per heavy atom. The van der Waals surface area contributed by atoms with Crippen LogP contribution in [0, 0.1) is 0 Å². The van der Waals surface area contributed by atoms with E-state index in [0.29, 0.717) is 5.82 Å². The van der Waals surface area contributed by atoms with Gasteiger partial charge in [0.2, 0.25) is 0 Å². The van der Waals surface area contributed by atoms with Crippen molar-refractivity contribution in [3.05, 3.63) is 82.4 Å². The second-order valence-electron chi connectivity index (χ2n) is 7.44. The second kappa shape index (κ2) is 9.50. The number of aromatic nitrogens is 3. The van der Waals surface area contributed by atoms with Gasteiger partial charge in [0, 0.05) is 56.2 Å². The Balaban J connectivity index is 1.33. The van der Waals surface area contributed by atoms with E-state index in [-0.39, 0.29) is 5.56 Å². The molecule has 2 aromatic heterocycles. The highest BCUT2D eigenvalue weighted by molar-refractivity contribution is 5.56. The maximum absolute atomic E-state index is 11.8. The third-order valence-corrected chi connectivity index (χ3v) is 5.35. The molecule has 1 saturated heterocycles. The minimum atomic E-state index is -0.127. The Labute approximate surface area is 176 Å². The lowest BCUT2D eigenvalue weighted by Gasteiger charge is -2.34. The van der Waals surface area contributed by atoms with Crippen LogP contribution in [0.15, 0.2) is 65.6 Å². The molecule has 154 valence electrons.